The first-order valence-electron chi connectivity index (χ1n) is 8.13. The van der Waals surface area contributed by atoms with E-state index in [0.717, 1.165) is 25.9 Å². The molecule has 0 bridgehead atoms. The summed E-state index contributed by atoms with van der Waals surface area (Å²) in [5.41, 5.74) is 0. The lowest BCUT2D eigenvalue weighted by molar-refractivity contribution is -0.192. The van der Waals surface area contributed by atoms with Crippen molar-refractivity contribution in [3.8, 4) is 0 Å². The number of alkyl halides is 3. The molecule has 12 heteroatoms. The van der Waals surface area contributed by atoms with Gasteiger partial charge in [-0.25, -0.2) is 18.2 Å². The summed E-state index contributed by atoms with van der Waals surface area (Å²) < 4.78 is 60.4. The number of aliphatic carboxylic acids is 1. The van der Waals surface area contributed by atoms with Crippen LogP contribution in [0.1, 0.15) is 12.8 Å². The number of carboxylic acids is 1. The van der Waals surface area contributed by atoms with Crippen molar-refractivity contribution < 1.29 is 31.5 Å². The molecule has 3 rings (SSSR count). The molecule has 0 aliphatic carbocycles. The van der Waals surface area contributed by atoms with Gasteiger partial charge in [-0.1, -0.05) is 6.08 Å². The summed E-state index contributed by atoms with van der Waals surface area (Å²) in [6.45, 7) is 6.13. The van der Waals surface area contributed by atoms with Crippen molar-refractivity contribution >= 4 is 16.0 Å². The minimum Gasteiger partial charge on any atom is -0.475 e. The van der Waals surface area contributed by atoms with Crippen LogP contribution in [-0.4, -0.2) is 76.1 Å². The van der Waals surface area contributed by atoms with Gasteiger partial charge < -0.3 is 9.67 Å². The highest BCUT2D eigenvalue weighted by Crippen LogP contribution is 2.34. The van der Waals surface area contributed by atoms with E-state index in [1.807, 2.05) is 6.08 Å². The molecule has 2 fully saturated rings. The Morgan fingerprint density at radius 3 is 2.44 bits per heavy atom. The van der Waals surface area contributed by atoms with Crippen molar-refractivity contribution in [2.45, 2.75) is 36.1 Å². The van der Waals surface area contributed by atoms with Gasteiger partial charge in [0.15, 0.2) is 5.03 Å². The number of fused-ring (bicyclic) bond motifs is 1. The molecule has 1 N–H and O–H groups in total. The number of hydrogen-bond acceptors (Lipinski definition) is 5. The van der Waals surface area contributed by atoms with Crippen molar-refractivity contribution in [3.05, 3.63) is 25.2 Å². The van der Waals surface area contributed by atoms with Gasteiger partial charge in [-0.15, -0.1) is 6.58 Å². The maximum atomic E-state index is 12.7. The Labute approximate surface area is 154 Å². The molecule has 8 nitrogen and oxygen atoms in total. The summed E-state index contributed by atoms with van der Waals surface area (Å²) in [5, 5.41) is 7.28. The van der Waals surface area contributed by atoms with Gasteiger partial charge in [0.1, 0.15) is 0 Å². The highest BCUT2D eigenvalue weighted by molar-refractivity contribution is 7.89. The smallest absolute Gasteiger partial charge is 0.475 e. The number of imidazole rings is 1. The predicted octanol–water partition coefficient (Wildman–Crippen LogP) is 1.08. The second-order valence-corrected chi connectivity index (χ2v) is 8.13. The molecule has 0 aromatic carbocycles. The molecule has 0 saturated carbocycles. The molecule has 0 amide bonds. The maximum absolute atomic E-state index is 12.7. The fourth-order valence-electron chi connectivity index (χ4n) is 3.37. The molecular formula is C15H21F3N4O4S. The van der Waals surface area contributed by atoms with Crippen LogP contribution in [0.5, 0.6) is 0 Å². The number of carboxylic acid groups (broad SMARTS) is 1. The Hall–Kier alpha value is -1.92. The van der Waals surface area contributed by atoms with Crippen LogP contribution in [0.25, 0.3) is 0 Å². The number of rotatable bonds is 4. The molecule has 1 aromatic heterocycles. The lowest BCUT2D eigenvalue weighted by Crippen LogP contribution is -2.39. The molecule has 3 heterocycles. The fourth-order valence-corrected chi connectivity index (χ4v) is 5.04. The van der Waals surface area contributed by atoms with E-state index in [2.05, 4.69) is 16.5 Å². The number of hydrogen-bond donors (Lipinski definition) is 1. The van der Waals surface area contributed by atoms with Crippen LogP contribution in [0.3, 0.4) is 0 Å². The lowest BCUT2D eigenvalue weighted by Gasteiger charge is -2.23. The average molecular weight is 410 g/mol. The lowest BCUT2D eigenvalue weighted by atomic mass is 10.1. The highest BCUT2D eigenvalue weighted by atomic mass is 32.2. The first-order valence-corrected chi connectivity index (χ1v) is 9.57. The van der Waals surface area contributed by atoms with Crippen LogP contribution in [0.4, 0.5) is 13.2 Å². The van der Waals surface area contributed by atoms with Gasteiger partial charge in [0.05, 0.1) is 6.33 Å². The van der Waals surface area contributed by atoms with Crippen molar-refractivity contribution in [3.63, 3.8) is 0 Å². The van der Waals surface area contributed by atoms with Crippen LogP contribution in [-0.2, 0) is 21.9 Å². The Morgan fingerprint density at radius 2 is 1.96 bits per heavy atom. The Bertz CT molecular complexity index is 793. The first-order chi connectivity index (χ1) is 12.5. The third-order valence-electron chi connectivity index (χ3n) is 4.50. The minimum atomic E-state index is -5.08. The second kappa shape index (κ2) is 7.98. The minimum absolute atomic E-state index is 0.0851. The number of sulfonamides is 1. The summed E-state index contributed by atoms with van der Waals surface area (Å²) in [5.74, 6) is -2.76. The van der Waals surface area contributed by atoms with E-state index >= 15 is 0 Å². The van der Waals surface area contributed by atoms with Gasteiger partial charge in [0.2, 0.25) is 0 Å². The monoisotopic (exact) mass is 410 g/mol. The van der Waals surface area contributed by atoms with E-state index in [0.29, 0.717) is 12.6 Å². The normalized spacial score (nSPS) is 23.6. The Balaban J connectivity index is 0.000000321. The van der Waals surface area contributed by atoms with Crippen molar-refractivity contribution in [1.82, 2.24) is 18.8 Å². The zero-order chi connectivity index (χ0) is 20.4. The molecule has 2 aliphatic rings. The summed E-state index contributed by atoms with van der Waals surface area (Å²) in [6.07, 6.45) is 1.69. The summed E-state index contributed by atoms with van der Waals surface area (Å²) >= 11 is 0. The van der Waals surface area contributed by atoms with Gasteiger partial charge in [-0.05, 0) is 12.8 Å². The van der Waals surface area contributed by atoms with Gasteiger partial charge in [0.25, 0.3) is 10.0 Å². The zero-order valence-corrected chi connectivity index (χ0v) is 15.4. The van der Waals surface area contributed by atoms with Gasteiger partial charge in [0, 0.05) is 45.0 Å². The predicted molar refractivity (Wildman–Crippen MR) is 89.4 cm³/mol. The molecule has 0 radical (unpaired) electrons. The average Bonchev–Trinajstić information content (AvgIpc) is 3.24. The number of aryl methyl sites for hydroxylation is 1. The Morgan fingerprint density at radius 1 is 1.37 bits per heavy atom. The molecule has 1 aromatic rings. The number of aromatic nitrogens is 2. The molecule has 0 unspecified atom stereocenters. The summed E-state index contributed by atoms with van der Waals surface area (Å²) in [7, 11) is -1.68. The number of nitrogens with zero attached hydrogens (tertiary/aromatic N) is 4. The highest BCUT2D eigenvalue weighted by Gasteiger charge is 2.47. The molecule has 152 valence electrons. The third kappa shape index (κ3) is 4.68. The topological polar surface area (TPSA) is 95.7 Å². The van der Waals surface area contributed by atoms with Crippen LogP contribution in [0.15, 0.2) is 30.2 Å². The number of halogens is 3. The third-order valence-corrected chi connectivity index (χ3v) is 6.31. The molecule has 0 spiro atoms. The molecule has 2 saturated heterocycles. The zero-order valence-electron chi connectivity index (χ0n) is 14.6. The standard InChI is InChI=1S/C13H20N4O2S.C2HF3O2/c1-3-6-16-7-4-12-11(16)5-8-17(12)20(18,19)13-9-15(2)10-14-13;3-2(4,5)1(6)7/h3,9-12H,1,4-8H2,2H3;(H,6,7)/t11-,12+;/m0./s1. The van der Waals surface area contributed by atoms with Gasteiger partial charge in [-0.2, -0.15) is 17.5 Å². The van der Waals surface area contributed by atoms with Crippen LogP contribution < -0.4 is 0 Å². The fraction of sp³-hybridized carbons (Fsp3) is 0.600. The van der Waals surface area contributed by atoms with E-state index in [1.165, 1.54) is 6.33 Å². The maximum Gasteiger partial charge on any atom is 0.490 e. The SMILES string of the molecule is C=CCN1CC[C@@H]2[C@@H]1CCN2S(=O)(=O)c1cn(C)cn1.O=C(O)C(F)(F)F. The van der Waals surface area contributed by atoms with Crippen LogP contribution in [0.2, 0.25) is 0 Å². The molecule has 2 atom stereocenters. The van der Waals surface area contributed by atoms with Crippen molar-refractivity contribution in [1.29, 1.82) is 0 Å². The molecule has 27 heavy (non-hydrogen) atoms. The quantitative estimate of drug-likeness (QED) is 0.747. The number of carbonyl (C=O) groups is 1. The summed E-state index contributed by atoms with van der Waals surface area (Å²) in [4.78, 5) is 15.2. The van der Waals surface area contributed by atoms with E-state index in [4.69, 9.17) is 9.90 Å². The van der Waals surface area contributed by atoms with E-state index in [9.17, 15) is 21.6 Å². The van der Waals surface area contributed by atoms with Crippen LogP contribution in [0, 0.1) is 0 Å². The summed E-state index contributed by atoms with van der Waals surface area (Å²) in [6, 6.07) is 0.411. The molecular weight excluding hydrogens is 389 g/mol. The molecule has 2 aliphatic heterocycles. The number of likely N-dealkylation sites (tertiary alicyclic amines) is 1. The first kappa shape index (κ1) is 21.4. The van der Waals surface area contributed by atoms with Gasteiger partial charge >= 0.3 is 12.1 Å². The van der Waals surface area contributed by atoms with E-state index in [-0.39, 0.29) is 11.1 Å². The van der Waals surface area contributed by atoms with E-state index in [1.54, 1.807) is 22.1 Å². The second-order valence-electron chi connectivity index (χ2n) is 6.29. The van der Waals surface area contributed by atoms with E-state index < -0.39 is 22.2 Å². The van der Waals surface area contributed by atoms with Gasteiger partial charge in [-0.3, -0.25) is 4.90 Å². The van der Waals surface area contributed by atoms with Crippen molar-refractivity contribution in [2.75, 3.05) is 19.6 Å². The van der Waals surface area contributed by atoms with Crippen molar-refractivity contribution in [2.24, 2.45) is 7.05 Å². The largest absolute Gasteiger partial charge is 0.490 e. The Kier molecular flexibility index (Phi) is 6.32. The van der Waals surface area contributed by atoms with Crippen LogP contribution >= 0.6 is 0 Å².